The number of hydrogen-bond donors (Lipinski definition) is 1. The number of halogens is 2. The van der Waals surface area contributed by atoms with Gasteiger partial charge in [-0.1, -0.05) is 35.9 Å². The lowest BCUT2D eigenvalue weighted by atomic mass is 9.93. The van der Waals surface area contributed by atoms with Crippen molar-refractivity contribution in [1.82, 2.24) is 5.32 Å². The molecule has 4 aliphatic rings. The molecule has 2 heterocycles. The van der Waals surface area contributed by atoms with Crippen LogP contribution in [0.15, 0.2) is 74.8 Å². The van der Waals surface area contributed by atoms with E-state index in [-0.39, 0.29) is 18.3 Å². The molecule has 4 heteroatoms. The topological polar surface area (TPSA) is 24.4 Å². The number of nitrogens with one attached hydrogen (secondary N) is 1. The molecular weight excluding hydrogens is 263 g/mol. The normalized spacial score (nSPS) is 27.3. The molecule has 19 heavy (non-hydrogen) atoms. The highest BCUT2D eigenvalue weighted by atomic mass is 35.5. The Morgan fingerprint density at radius 1 is 1.32 bits per heavy atom. The maximum atomic E-state index is 13.4. The van der Waals surface area contributed by atoms with Crippen LogP contribution < -0.4 is 5.32 Å². The molecule has 1 atom stereocenters. The van der Waals surface area contributed by atoms with Crippen LogP contribution in [0.3, 0.4) is 0 Å². The Labute approximate surface area is 115 Å². The number of allylic oxidation sites excluding steroid dienone is 7. The first-order chi connectivity index (χ1) is 9.24. The molecule has 0 amide bonds. The lowest BCUT2D eigenvalue weighted by molar-refractivity contribution is 0.606. The average molecular weight is 273 g/mol. The van der Waals surface area contributed by atoms with Gasteiger partial charge in [-0.05, 0) is 17.7 Å². The summed E-state index contributed by atoms with van der Waals surface area (Å²) in [4.78, 5) is 4.52. The number of fused-ring (bicyclic) bond motifs is 3. The predicted molar refractivity (Wildman–Crippen MR) is 74.4 cm³/mol. The minimum absolute atomic E-state index is 0.0484. The number of hydrogen-bond acceptors (Lipinski definition) is 2. The molecule has 0 fully saturated rings. The molecule has 1 unspecified atom stereocenters. The SMILES string of the molecule is FC1=CC=C2N=C3C(Cl)=C4C=CC=CC4NC3=C2C1. The van der Waals surface area contributed by atoms with Gasteiger partial charge in [0.05, 0.1) is 22.5 Å². The highest BCUT2D eigenvalue weighted by Crippen LogP contribution is 2.39. The van der Waals surface area contributed by atoms with E-state index in [4.69, 9.17) is 11.6 Å². The highest BCUT2D eigenvalue weighted by Gasteiger charge is 2.34. The largest absolute Gasteiger partial charge is 0.373 e. The van der Waals surface area contributed by atoms with E-state index in [1.807, 2.05) is 24.3 Å². The average Bonchev–Trinajstić information content (AvgIpc) is 2.78. The Kier molecular flexibility index (Phi) is 2.21. The summed E-state index contributed by atoms with van der Waals surface area (Å²) in [6.07, 6.45) is 11.4. The molecule has 2 nitrogen and oxygen atoms in total. The van der Waals surface area contributed by atoms with Gasteiger partial charge >= 0.3 is 0 Å². The second-order valence-corrected chi connectivity index (χ2v) is 5.17. The third kappa shape index (κ3) is 1.51. The van der Waals surface area contributed by atoms with E-state index in [1.54, 1.807) is 6.08 Å². The van der Waals surface area contributed by atoms with E-state index in [2.05, 4.69) is 10.3 Å². The molecule has 2 aliphatic heterocycles. The van der Waals surface area contributed by atoms with E-state index in [0.29, 0.717) is 5.03 Å². The minimum Gasteiger partial charge on any atom is -0.373 e. The van der Waals surface area contributed by atoms with Crippen LogP contribution in [0.5, 0.6) is 0 Å². The predicted octanol–water partition coefficient (Wildman–Crippen LogP) is 3.43. The fraction of sp³-hybridized carbons (Fsp3) is 0.133. The molecule has 0 saturated heterocycles. The quantitative estimate of drug-likeness (QED) is 0.718. The number of rotatable bonds is 0. The third-order valence-electron chi connectivity index (χ3n) is 3.63. The summed E-state index contributed by atoms with van der Waals surface area (Å²) in [6, 6.07) is 0.0484. The zero-order chi connectivity index (χ0) is 13.0. The van der Waals surface area contributed by atoms with E-state index in [1.165, 1.54) is 6.08 Å². The fourth-order valence-electron chi connectivity index (χ4n) is 2.71. The van der Waals surface area contributed by atoms with Crippen molar-refractivity contribution >= 4 is 17.3 Å². The zero-order valence-corrected chi connectivity index (χ0v) is 10.7. The summed E-state index contributed by atoms with van der Waals surface area (Å²) in [6.45, 7) is 0. The van der Waals surface area contributed by atoms with Crippen molar-refractivity contribution in [3.63, 3.8) is 0 Å². The van der Waals surface area contributed by atoms with Crippen LogP contribution in [0.4, 0.5) is 4.39 Å². The van der Waals surface area contributed by atoms with Gasteiger partial charge in [0.25, 0.3) is 0 Å². The summed E-state index contributed by atoms with van der Waals surface area (Å²) in [5, 5.41) is 4.06. The molecule has 0 aromatic heterocycles. The molecule has 0 spiro atoms. The molecule has 94 valence electrons. The first kappa shape index (κ1) is 11.0. The summed E-state index contributed by atoms with van der Waals surface area (Å²) >= 11 is 6.44. The van der Waals surface area contributed by atoms with Gasteiger partial charge in [0.1, 0.15) is 11.5 Å². The maximum Gasteiger partial charge on any atom is 0.106 e. The highest BCUT2D eigenvalue weighted by molar-refractivity contribution is 6.48. The van der Waals surface area contributed by atoms with Gasteiger partial charge in [0.15, 0.2) is 0 Å². The van der Waals surface area contributed by atoms with Crippen molar-refractivity contribution in [1.29, 1.82) is 0 Å². The van der Waals surface area contributed by atoms with E-state index < -0.39 is 0 Å². The van der Waals surface area contributed by atoms with E-state index >= 15 is 0 Å². The lowest BCUT2D eigenvalue weighted by Gasteiger charge is -2.28. The van der Waals surface area contributed by atoms with Gasteiger partial charge in [-0.3, -0.25) is 0 Å². The Morgan fingerprint density at radius 3 is 3.11 bits per heavy atom. The first-order valence-corrected chi connectivity index (χ1v) is 6.52. The van der Waals surface area contributed by atoms with Gasteiger partial charge < -0.3 is 5.32 Å². The smallest absolute Gasteiger partial charge is 0.106 e. The van der Waals surface area contributed by atoms with Crippen LogP contribution in [0.25, 0.3) is 0 Å². The molecule has 0 aromatic carbocycles. The molecule has 0 aromatic rings. The Bertz CT molecular complexity index is 702. The molecule has 0 bridgehead atoms. The van der Waals surface area contributed by atoms with Crippen LogP contribution in [0.2, 0.25) is 0 Å². The Morgan fingerprint density at radius 2 is 2.21 bits per heavy atom. The summed E-state index contributed by atoms with van der Waals surface area (Å²) in [5.41, 5.74) is 4.32. The standard InChI is InChI=1S/C15H10ClFN2/c16-13-9-3-1-2-4-11(9)18-14-10-7-8(17)5-6-12(10)19-15(13)14/h1-6,11,18H,7H2. The van der Waals surface area contributed by atoms with Crippen LogP contribution >= 0.6 is 11.6 Å². The molecule has 0 saturated carbocycles. The van der Waals surface area contributed by atoms with Crippen molar-refractivity contribution < 1.29 is 4.39 Å². The van der Waals surface area contributed by atoms with E-state index in [9.17, 15) is 4.39 Å². The second kappa shape index (κ2) is 3.81. The second-order valence-electron chi connectivity index (χ2n) is 4.79. The fourth-order valence-corrected chi connectivity index (χ4v) is 3.03. The van der Waals surface area contributed by atoms with Crippen molar-refractivity contribution in [3.8, 4) is 0 Å². The molecule has 1 N–H and O–H groups in total. The van der Waals surface area contributed by atoms with Gasteiger partial charge in [0.2, 0.25) is 0 Å². The monoisotopic (exact) mass is 272 g/mol. The zero-order valence-electron chi connectivity index (χ0n) is 9.95. The minimum atomic E-state index is -0.144. The van der Waals surface area contributed by atoms with Crippen LogP contribution in [-0.2, 0) is 0 Å². The van der Waals surface area contributed by atoms with Gasteiger partial charge in [0, 0.05) is 12.0 Å². The van der Waals surface area contributed by atoms with Gasteiger partial charge in [-0.25, -0.2) is 9.38 Å². The van der Waals surface area contributed by atoms with Crippen molar-refractivity contribution in [2.45, 2.75) is 12.5 Å². The van der Waals surface area contributed by atoms with Crippen molar-refractivity contribution in [3.05, 3.63) is 69.9 Å². The number of nitrogens with zero attached hydrogens (tertiary/aromatic N) is 1. The lowest BCUT2D eigenvalue weighted by Crippen LogP contribution is -2.37. The van der Waals surface area contributed by atoms with Crippen molar-refractivity contribution in [2.75, 3.05) is 0 Å². The molecule has 4 rings (SSSR count). The summed E-state index contributed by atoms with van der Waals surface area (Å²) < 4.78 is 13.4. The third-order valence-corrected chi connectivity index (χ3v) is 4.03. The summed E-state index contributed by atoms with van der Waals surface area (Å²) in [7, 11) is 0. The van der Waals surface area contributed by atoms with Crippen LogP contribution in [0, 0.1) is 0 Å². The van der Waals surface area contributed by atoms with Crippen LogP contribution in [0.1, 0.15) is 6.42 Å². The van der Waals surface area contributed by atoms with Gasteiger partial charge in [-0.2, -0.15) is 0 Å². The Hall–Kier alpha value is -1.87. The maximum absolute atomic E-state index is 13.4. The molecular formula is C15H10ClFN2. The van der Waals surface area contributed by atoms with E-state index in [0.717, 1.165) is 28.3 Å². The molecule has 0 radical (unpaired) electrons. The first-order valence-electron chi connectivity index (χ1n) is 6.14. The van der Waals surface area contributed by atoms with Gasteiger partial charge in [-0.15, -0.1) is 0 Å². The number of aliphatic imine (C=N–C) groups is 1. The summed E-state index contributed by atoms with van der Waals surface area (Å²) in [5.74, 6) is -0.144. The van der Waals surface area contributed by atoms with Crippen molar-refractivity contribution in [2.24, 2.45) is 4.99 Å². The molecule has 2 aliphatic carbocycles. The Balaban J connectivity index is 1.89. The van der Waals surface area contributed by atoms with Crippen LogP contribution in [-0.4, -0.2) is 11.8 Å².